The molecule has 3 heterocycles. The number of ketones is 1. The molecule has 0 radical (unpaired) electrons. The lowest BCUT2D eigenvalue weighted by Gasteiger charge is -2.45. The Morgan fingerprint density at radius 2 is 1.90 bits per heavy atom. The van der Waals surface area contributed by atoms with Gasteiger partial charge in [0, 0.05) is 31.2 Å². The summed E-state index contributed by atoms with van der Waals surface area (Å²) in [4.78, 5) is 22.8. The smallest absolute Gasteiger partial charge is 0.208 e. The highest BCUT2D eigenvalue weighted by Crippen LogP contribution is 2.46. The van der Waals surface area contributed by atoms with E-state index in [1.54, 1.807) is 6.20 Å². The predicted octanol–water partition coefficient (Wildman–Crippen LogP) is 7.00. The van der Waals surface area contributed by atoms with Crippen LogP contribution < -0.4 is 5.32 Å². The molecule has 1 aliphatic carbocycles. The highest BCUT2D eigenvalue weighted by atomic mass is 32.1. The second-order valence-electron chi connectivity index (χ2n) is 11.9. The van der Waals surface area contributed by atoms with Gasteiger partial charge in [-0.3, -0.25) is 4.79 Å². The molecule has 3 aromatic rings. The Balaban J connectivity index is 1.49. The van der Waals surface area contributed by atoms with Crippen molar-refractivity contribution in [2.75, 3.05) is 11.9 Å². The number of furan rings is 1. The third-order valence-electron chi connectivity index (χ3n) is 8.28. The number of anilines is 1. The molecule has 3 atom stereocenters. The molecule has 39 heavy (non-hydrogen) atoms. The van der Waals surface area contributed by atoms with Crippen LogP contribution in [0.4, 0.5) is 5.82 Å². The number of thiophene rings is 1. The number of rotatable bonds is 12. The van der Waals surface area contributed by atoms with Crippen molar-refractivity contribution >= 4 is 31.3 Å². The first-order valence-corrected chi connectivity index (χ1v) is 17.1. The third-order valence-corrected chi connectivity index (χ3v) is 15.4. The minimum atomic E-state index is -2.09. The van der Waals surface area contributed by atoms with E-state index in [0.717, 1.165) is 29.9 Å². The largest absolute Gasteiger partial charge is 0.466 e. The maximum absolute atomic E-state index is 13.5. The van der Waals surface area contributed by atoms with Crippen LogP contribution in [0.3, 0.4) is 0 Å². The van der Waals surface area contributed by atoms with E-state index in [4.69, 9.17) is 8.84 Å². The van der Waals surface area contributed by atoms with E-state index in [-0.39, 0.29) is 30.5 Å². The molecule has 3 aromatic heterocycles. The lowest BCUT2D eigenvalue weighted by atomic mass is 10.1. The molecule has 212 valence electrons. The number of carbonyl (C=O) groups excluding carboxylic acids is 1. The standard InChI is InChI=1S/C30H43N3O4SSi/c1-18(2)39(19(3)4,20(5)6)37-27-13-24(12-23(27)15-34)33-30-26(14-31-17-32-30)29(35)28-11-22(16-38-28)10-25-9-8-21(7)36-25/h8-9,11,14,16-20,23-24,27,34H,10,12-13,15H2,1-7H3,(H,31,32,33)/t23-,24-,27+/m1/s1. The summed E-state index contributed by atoms with van der Waals surface area (Å²) in [5, 5.41) is 15.8. The van der Waals surface area contributed by atoms with Gasteiger partial charge in [0.25, 0.3) is 0 Å². The number of hydrogen-bond acceptors (Lipinski definition) is 8. The zero-order chi connectivity index (χ0) is 28.3. The number of nitrogens with one attached hydrogen (secondary N) is 1. The molecular weight excluding hydrogens is 527 g/mol. The maximum atomic E-state index is 13.5. The van der Waals surface area contributed by atoms with Gasteiger partial charge in [-0.25, -0.2) is 9.97 Å². The fourth-order valence-corrected chi connectivity index (χ4v) is 13.0. The first-order valence-electron chi connectivity index (χ1n) is 14.1. The molecule has 0 saturated heterocycles. The summed E-state index contributed by atoms with van der Waals surface area (Å²) >= 11 is 1.43. The van der Waals surface area contributed by atoms with Gasteiger partial charge in [-0.2, -0.15) is 0 Å². The number of aromatic nitrogens is 2. The van der Waals surface area contributed by atoms with E-state index in [2.05, 4.69) is 56.8 Å². The van der Waals surface area contributed by atoms with Crippen molar-refractivity contribution in [2.45, 2.75) is 96.5 Å². The molecule has 0 aromatic carbocycles. The van der Waals surface area contributed by atoms with Gasteiger partial charge in [0.1, 0.15) is 23.7 Å². The second-order valence-corrected chi connectivity index (χ2v) is 18.2. The highest BCUT2D eigenvalue weighted by molar-refractivity contribution is 7.12. The quantitative estimate of drug-likeness (QED) is 0.179. The Labute approximate surface area is 237 Å². The highest BCUT2D eigenvalue weighted by Gasteiger charge is 2.49. The van der Waals surface area contributed by atoms with Crippen molar-refractivity contribution in [2.24, 2.45) is 5.92 Å². The average Bonchev–Trinajstić information content (AvgIpc) is 3.62. The van der Waals surface area contributed by atoms with Gasteiger partial charge in [0.05, 0.1) is 16.5 Å². The predicted molar refractivity (Wildman–Crippen MR) is 159 cm³/mol. The van der Waals surface area contributed by atoms with Crippen molar-refractivity contribution < 1.29 is 18.7 Å². The van der Waals surface area contributed by atoms with Crippen molar-refractivity contribution in [1.82, 2.24) is 9.97 Å². The molecule has 7 nitrogen and oxygen atoms in total. The summed E-state index contributed by atoms with van der Waals surface area (Å²) in [6, 6.07) is 5.89. The monoisotopic (exact) mass is 569 g/mol. The van der Waals surface area contributed by atoms with Crippen molar-refractivity contribution in [1.29, 1.82) is 0 Å². The molecule has 0 bridgehead atoms. The summed E-state index contributed by atoms with van der Waals surface area (Å²) in [7, 11) is -2.09. The van der Waals surface area contributed by atoms with E-state index >= 15 is 0 Å². The van der Waals surface area contributed by atoms with Crippen LogP contribution in [0.2, 0.25) is 16.6 Å². The van der Waals surface area contributed by atoms with Crippen LogP contribution in [-0.4, -0.2) is 47.9 Å². The zero-order valence-corrected chi connectivity index (χ0v) is 26.0. The van der Waals surface area contributed by atoms with E-state index < -0.39 is 8.32 Å². The topological polar surface area (TPSA) is 97.5 Å². The normalized spacial score (nSPS) is 19.9. The van der Waals surface area contributed by atoms with Crippen LogP contribution in [0.5, 0.6) is 0 Å². The van der Waals surface area contributed by atoms with Crippen LogP contribution in [0.1, 0.15) is 86.7 Å². The van der Waals surface area contributed by atoms with E-state index in [0.29, 0.717) is 39.3 Å². The molecule has 9 heteroatoms. The lowest BCUT2D eigenvalue weighted by Crippen LogP contribution is -2.51. The minimum Gasteiger partial charge on any atom is -0.466 e. The summed E-state index contributed by atoms with van der Waals surface area (Å²) in [6.07, 6.45) is 5.23. The number of aliphatic hydroxyl groups excluding tert-OH is 1. The van der Waals surface area contributed by atoms with Crippen LogP contribution in [0.25, 0.3) is 0 Å². The van der Waals surface area contributed by atoms with Crippen LogP contribution in [0.15, 0.2) is 40.5 Å². The van der Waals surface area contributed by atoms with Gasteiger partial charge < -0.3 is 19.3 Å². The van der Waals surface area contributed by atoms with Gasteiger partial charge in [-0.05, 0) is 65.5 Å². The number of aryl methyl sites for hydroxylation is 1. The fourth-order valence-electron chi connectivity index (χ4n) is 6.52. The number of nitrogens with zero attached hydrogens (tertiary/aromatic N) is 2. The Bertz CT molecular complexity index is 1230. The number of aliphatic hydroxyl groups is 1. The first kappa shape index (κ1) is 29.6. The minimum absolute atomic E-state index is 0.0163. The van der Waals surface area contributed by atoms with E-state index in [9.17, 15) is 9.90 Å². The number of hydrogen-bond donors (Lipinski definition) is 2. The lowest BCUT2D eigenvalue weighted by molar-refractivity contribution is 0.0941. The average molecular weight is 570 g/mol. The maximum Gasteiger partial charge on any atom is 0.208 e. The summed E-state index contributed by atoms with van der Waals surface area (Å²) in [5.41, 5.74) is 2.92. The van der Waals surface area contributed by atoms with Gasteiger partial charge in [0.2, 0.25) is 14.1 Å². The summed E-state index contributed by atoms with van der Waals surface area (Å²) < 4.78 is 12.8. The molecule has 1 fully saturated rings. The van der Waals surface area contributed by atoms with E-state index in [1.165, 1.54) is 17.7 Å². The van der Waals surface area contributed by atoms with Crippen LogP contribution in [-0.2, 0) is 10.8 Å². The molecule has 1 saturated carbocycles. The molecular formula is C30H43N3O4SSi. The molecule has 1 aliphatic rings. The molecule has 2 N–H and O–H groups in total. The van der Waals surface area contributed by atoms with Crippen molar-refractivity contribution in [3.8, 4) is 0 Å². The van der Waals surface area contributed by atoms with Gasteiger partial charge >= 0.3 is 0 Å². The first-order chi connectivity index (χ1) is 18.5. The Hall–Kier alpha value is -2.33. The molecule has 0 spiro atoms. The fraction of sp³-hybridized carbons (Fsp3) is 0.567. The Morgan fingerprint density at radius 3 is 2.51 bits per heavy atom. The summed E-state index contributed by atoms with van der Waals surface area (Å²) in [6.45, 7) is 15.7. The third kappa shape index (κ3) is 6.37. The summed E-state index contributed by atoms with van der Waals surface area (Å²) in [5.74, 6) is 2.25. The molecule has 0 amide bonds. The SMILES string of the molecule is Cc1ccc(Cc2csc(C(=O)c3cncnc3N[C@@H]3C[C@H](CO)[C@@H](O[Si](C(C)C)(C(C)C)C(C)C)C3)c2)o1. The molecule has 0 aliphatic heterocycles. The zero-order valence-electron chi connectivity index (χ0n) is 24.2. The van der Waals surface area contributed by atoms with Crippen molar-refractivity contribution in [3.63, 3.8) is 0 Å². The molecule has 0 unspecified atom stereocenters. The van der Waals surface area contributed by atoms with Gasteiger partial charge in [-0.15, -0.1) is 11.3 Å². The van der Waals surface area contributed by atoms with Gasteiger partial charge in [0.15, 0.2) is 0 Å². The van der Waals surface area contributed by atoms with E-state index in [1.807, 2.05) is 30.5 Å². The second kappa shape index (κ2) is 12.5. The Kier molecular flexibility index (Phi) is 9.47. The number of carbonyl (C=O) groups is 1. The van der Waals surface area contributed by atoms with Crippen LogP contribution >= 0.6 is 11.3 Å². The van der Waals surface area contributed by atoms with Crippen LogP contribution in [0, 0.1) is 12.8 Å². The van der Waals surface area contributed by atoms with Crippen molar-refractivity contribution in [3.05, 3.63) is 63.6 Å². The van der Waals surface area contributed by atoms with Gasteiger partial charge in [-0.1, -0.05) is 41.5 Å². The molecule has 4 rings (SSSR count). The Morgan fingerprint density at radius 1 is 1.18 bits per heavy atom.